The van der Waals surface area contributed by atoms with Crippen molar-refractivity contribution in [2.75, 3.05) is 13.2 Å². The Morgan fingerprint density at radius 3 is 1.10 bits per heavy atom. The van der Waals surface area contributed by atoms with E-state index in [2.05, 4.69) is 31.3 Å². The van der Waals surface area contributed by atoms with Gasteiger partial charge in [-0.2, -0.15) is 0 Å². The van der Waals surface area contributed by atoms with Gasteiger partial charge >= 0.3 is 0 Å². The monoisotopic (exact) mass is 1110 g/mol. The molecule has 0 spiro atoms. The first-order chi connectivity index (χ1) is 38.2. The van der Waals surface area contributed by atoms with Crippen molar-refractivity contribution in [3.8, 4) is 0 Å². The number of carbonyl (C=O) groups excluding carboxylic acids is 1. The Balaban J connectivity index is 2.22. The van der Waals surface area contributed by atoms with Crippen LogP contribution in [0, 0.1) is 0 Å². The van der Waals surface area contributed by atoms with Crippen LogP contribution in [0.15, 0.2) is 12.2 Å². The molecule has 0 aromatic heterocycles. The van der Waals surface area contributed by atoms with E-state index >= 15 is 0 Å². The molecule has 1 rings (SSSR count). The van der Waals surface area contributed by atoms with E-state index in [4.69, 9.17) is 9.47 Å². The van der Waals surface area contributed by atoms with Crippen LogP contribution in [0.1, 0.15) is 341 Å². The maximum Gasteiger partial charge on any atom is 0.249 e. The third-order valence-corrected chi connectivity index (χ3v) is 16.8. The van der Waals surface area contributed by atoms with Gasteiger partial charge in [0.15, 0.2) is 6.29 Å². The van der Waals surface area contributed by atoms with E-state index in [1.54, 1.807) is 0 Å². The standard InChI is InChI=1S/C67H131NO10/c1-3-5-7-9-11-13-15-17-19-21-23-25-27-28-29-30-31-32-33-35-36-38-40-42-44-46-48-50-52-54-59(70)62(72)58(57-77-67-65(75)64(74)63(73)61(56-69)78-67)68-66(76)60(71)55-53-51-49-47-45-43-41-39-37-34-26-24-22-20-18-16-14-12-10-8-6-4-2/h46,48,58-65,67,69-75H,3-45,47,49-57H2,1-2H3,(H,68,76)/b48-46+. The summed E-state index contributed by atoms with van der Waals surface area (Å²) in [5, 5.41) is 76.4. The molecule has 464 valence electrons. The Hall–Kier alpha value is -1.15. The molecule has 1 aliphatic heterocycles. The minimum Gasteiger partial charge on any atom is -0.394 e. The molecular formula is C67H131NO10. The van der Waals surface area contributed by atoms with E-state index in [0.29, 0.717) is 12.8 Å². The van der Waals surface area contributed by atoms with Crippen molar-refractivity contribution in [1.29, 1.82) is 0 Å². The lowest BCUT2D eigenvalue weighted by Crippen LogP contribution is -2.60. The first kappa shape index (κ1) is 74.9. The summed E-state index contributed by atoms with van der Waals surface area (Å²) in [7, 11) is 0. The van der Waals surface area contributed by atoms with Crippen molar-refractivity contribution in [3.05, 3.63) is 12.2 Å². The summed E-state index contributed by atoms with van der Waals surface area (Å²) in [6.07, 6.45) is 57.2. The lowest BCUT2D eigenvalue weighted by atomic mass is 9.98. The SMILES string of the molecule is CCCCCCCCCCCCCCCCCCCCCCCCCC/C=C/CCCC(O)C(O)C(COC1OC(CO)C(O)C(O)C1O)NC(=O)C(O)CCCCCCCCCCCCCCCCCCCCCCCC. The van der Waals surface area contributed by atoms with E-state index < -0.39 is 74.2 Å². The van der Waals surface area contributed by atoms with Crippen molar-refractivity contribution < 1.29 is 50.0 Å². The summed E-state index contributed by atoms with van der Waals surface area (Å²) in [6.45, 7) is 3.50. The first-order valence-corrected chi connectivity index (χ1v) is 34.1. The second kappa shape index (κ2) is 56.3. The van der Waals surface area contributed by atoms with Crippen LogP contribution in [0.5, 0.6) is 0 Å². The van der Waals surface area contributed by atoms with E-state index in [1.807, 2.05) is 0 Å². The van der Waals surface area contributed by atoms with Crippen molar-refractivity contribution in [2.45, 2.75) is 396 Å². The van der Waals surface area contributed by atoms with Gasteiger partial charge in [-0.1, -0.05) is 315 Å². The van der Waals surface area contributed by atoms with E-state index in [0.717, 1.165) is 32.1 Å². The number of aliphatic hydroxyl groups is 7. The second-order valence-corrected chi connectivity index (χ2v) is 24.3. The molecule has 78 heavy (non-hydrogen) atoms. The summed E-state index contributed by atoms with van der Waals surface area (Å²) < 4.78 is 11.2. The average molecular weight is 1110 g/mol. The van der Waals surface area contributed by atoms with E-state index in [-0.39, 0.29) is 12.8 Å². The van der Waals surface area contributed by atoms with E-state index in [1.165, 1.54) is 270 Å². The number of carbonyl (C=O) groups is 1. The number of unbranched alkanes of at least 4 members (excludes halogenated alkanes) is 46. The van der Waals surface area contributed by atoms with Gasteiger partial charge in [0.05, 0.1) is 25.4 Å². The third-order valence-electron chi connectivity index (χ3n) is 16.8. The number of hydrogen-bond acceptors (Lipinski definition) is 10. The number of nitrogens with one attached hydrogen (secondary N) is 1. The summed E-state index contributed by atoms with van der Waals surface area (Å²) in [6, 6.07) is -1.18. The van der Waals surface area contributed by atoms with Gasteiger partial charge in [-0.3, -0.25) is 4.79 Å². The van der Waals surface area contributed by atoms with Gasteiger partial charge in [0.25, 0.3) is 0 Å². The van der Waals surface area contributed by atoms with Crippen LogP contribution >= 0.6 is 0 Å². The highest BCUT2D eigenvalue weighted by Gasteiger charge is 2.44. The van der Waals surface area contributed by atoms with Crippen molar-refractivity contribution in [3.63, 3.8) is 0 Å². The highest BCUT2D eigenvalue weighted by molar-refractivity contribution is 5.80. The first-order valence-electron chi connectivity index (χ1n) is 34.1. The molecule has 9 unspecified atom stereocenters. The summed E-state index contributed by atoms with van der Waals surface area (Å²) in [5.74, 6) is -0.698. The van der Waals surface area contributed by atoms with Crippen LogP contribution in [0.4, 0.5) is 0 Å². The predicted octanol–water partition coefficient (Wildman–Crippen LogP) is 15.9. The van der Waals surface area contributed by atoms with Gasteiger partial charge in [0, 0.05) is 0 Å². The van der Waals surface area contributed by atoms with Gasteiger partial charge in [-0.25, -0.2) is 0 Å². The van der Waals surface area contributed by atoms with Gasteiger partial charge in [-0.05, 0) is 38.5 Å². The minimum absolute atomic E-state index is 0.260. The zero-order chi connectivity index (χ0) is 56.8. The van der Waals surface area contributed by atoms with Crippen molar-refractivity contribution >= 4 is 5.91 Å². The Labute approximate surface area is 481 Å². The zero-order valence-corrected chi connectivity index (χ0v) is 51.2. The largest absolute Gasteiger partial charge is 0.394 e. The van der Waals surface area contributed by atoms with Crippen LogP contribution < -0.4 is 5.32 Å². The number of hydrogen-bond donors (Lipinski definition) is 8. The van der Waals surface area contributed by atoms with Gasteiger partial charge in [0.1, 0.15) is 36.6 Å². The molecule has 0 aliphatic carbocycles. The Bertz CT molecular complexity index is 1270. The zero-order valence-electron chi connectivity index (χ0n) is 51.2. The molecule has 0 bridgehead atoms. The molecule has 11 nitrogen and oxygen atoms in total. The Morgan fingerprint density at radius 1 is 0.436 bits per heavy atom. The van der Waals surface area contributed by atoms with Crippen molar-refractivity contribution in [2.24, 2.45) is 0 Å². The minimum atomic E-state index is -1.67. The number of amides is 1. The normalized spacial score (nSPS) is 19.4. The molecule has 0 aromatic rings. The van der Waals surface area contributed by atoms with Crippen molar-refractivity contribution in [1.82, 2.24) is 5.32 Å². The molecule has 11 heteroatoms. The lowest BCUT2D eigenvalue weighted by molar-refractivity contribution is -0.303. The molecule has 1 heterocycles. The Kier molecular flexibility index (Phi) is 54.1. The predicted molar refractivity (Wildman–Crippen MR) is 326 cm³/mol. The summed E-state index contributed by atoms with van der Waals surface area (Å²) in [5.41, 5.74) is 0. The second-order valence-electron chi connectivity index (χ2n) is 24.3. The number of aliphatic hydroxyl groups excluding tert-OH is 7. The molecule has 1 fully saturated rings. The van der Waals surface area contributed by atoms with Crippen LogP contribution in [0.2, 0.25) is 0 Å². The molecule has 0 radical (unpaired) electrons. The number of rotatable bonds is 60. The topological polar surface area (TPSA) is 189 Å². The lowest BCUT2D eigenvalue weighted by Gasteiger charge is -2.40. The fourth-order valence-electron chi connectivity index (χ4n) is 11.3. The van der Waals surface area contributed by atoms with Crippen LogP contribution in [0.25, 0.3) is 0 Å². The quantitative estimate of drug-likeness (QED) is 0.0215. The summed E-state index contributed by atoms with van der Waals surface area (Å²) >= 11 is 0. The highest BCUT2D eigenvalue weighted by Crippen LogP contribution is 2.24. The molecule has 0 aromatic carbocycles. The Morgan fingerprint density at radius 2 is 0.756 bits per heavy atom. The van der Waals surface area contributed by atoms with Crippen LogP contribution in [0.3, 0.4) is 0 Å². The smallest absolute Gasteiger partial charge is 0.249 e. The molecule has 9 atom stereocenters. The molecule has 1 saturated heterocycles. The maximum absolute atomic E-state index is 13.2. The summed E-state index contributed by atoms with van der Waals surface area (Å²) in [4.78, 5) is 13.2. The fourth-order valence-corrected chi connectivity index (χ4v) is 11.3. The molecule has 1 aliphatic rings. The fraction of sp³-hybridized carbons (Fsp3) is 0.955. The maximum atomic E-state index is 13.2. The average Bonchev–Trinajstić information content (AvgIpc) is 3.46. The third kappa shape index (κ3) is 43.5. The molecule has 1 amide bonds. The number of allylic oxidation sites excluding steroid dienone is 2. The highest BCUT2D eigenvalue weighted by atomic mass is 16.7. The molecule has 0 saturated carbocycles. The number of ether oxygens (including phenoxy) is 2. The molecule has 8 N–H and O–H groups in total. The van der Waals surface area contributed by atoms with Gasteiger partial charge in [-0.15, -0.1) is 0 Å². The molecular weight excluding hydrogens is 979 g/mol. The van der Waals surface area contributed by atoms with Crippen LogP contribution in [-0.2, 0) is 14.3 Å². The van der Waals surface area contributed by atoms with Gasteiger partial charge in [0.2, 0.25) is 5.91 Å². The van der Waals surface area contributed by atoms with Crippen LogP contribution in [-0.4, -0.2) is 110 Å². The van der Waals surface area contributed by atoms with E-state index in [9.17, 15) is 40.5 Å². The van der Waals surface area contributed by atoms with Gasteiger partial charge < -0.3 is 50.5 Å².